The number of anilines is 1. The van der Waals surface area contributed by atoms with Crippen LogP contribution in [0.25, 0.3) is 0 Å². The summed E-state index contributed by atoms with van der Waals surface area (Å²) in [6, 6.07) is 7.02. The third-order valence-corrected chi connectivity index (χ3v) is 3.09. The Hall–Kier alpha value is -1.53. The van der Waals surface area contributed by atoms with Gasteiger partial charge in [0.2, 0.25) is 11.8 Å². The smallest absolute Gasteiger partial charge is 0.227 e. The van der Waals surface area contributed by atoms with E-state index in [-0.39, 0.29) is 24.2 Å². The van der Waals surface area contributed by atoms with E-state index in [4.69, 9.17) is 10.8 Å². The zero-order valence-corrected chi connectivity index (χ0v) is 10.7. The van der Waals surface area contributed by atoms with Gasteiger partial charge in [0.1, 0.15) is 0 Å². The molecule has 98 valence electrons. The molecular formula is C12H16N2O3S. The normalized spacial score (nSPS) is 10.1. The first-order chi connectivity index (χ1) is 8.61. The van der Waals surface area contributed by atoms with E-state index in [1.165, 1.54) is 11.8 Å². The van der Waals surface area contributed by atoms with E-state index < -0.39 is 0 Å². The van der Waals surface area contributed by atoms with Crippen LogP contribution in [0.2, 0.25) is 0 Å². The Morgan fingerprint density at radius 1 is 1.39 bits per heavy atom. The molecule has 18 heavy (non-hydrogen) atoms. The molecule has 5 nitrogen and oxygen atoms in total. The number of thioether (sulfide) groups is 1. The van der Waals surface area contributed by atoms with E-state index in [0.29, 0.717) is 17.9 Å². The molecule has 1 aromatic carbocycles. The monoisotopic (exact) mass is 268 g/mol. The Kier molecular flexibility index (Phi) is 6.24. The van der Waals surface area contributed by atoms with Crippen LogP contribution < -0.4 is 11.1 Å². The molecule has 0 unspecified atom stereocenters. The number of carbonyl (C=O) groups excluding carboxylic acids is 2. The van der Waals surface area contributed by atoms with E-state index in [2.05, 4.69) is 5.32 Å². The van der Waals surface area contributed by atoms with Crippen LogP contribution in [0.1, 0.15) is 12.0 Å². The molecule has 0 bridgehead atoms. The van der Waals surface area contributed by atoms with E-state index in [9.17, 15) is 9.59 Å². The topological polar surface area (TPSA) is 92.4 Å². The highest BCUT2D eigenvalue weighted by Gasteiger charge is 2.03. The zero-order chi connectivity index (χ0) is 13.4. The van der Waals surface area contributed by atoms with Crippen molar-refractivity contribution in [3.05, 3.63) is 29.8 Å². The van der Waals surface area contributed by atoms with Gasteiger partial charge in [0.25, 0.3) is 0 Å². The van der Waals surface area contributed by atoms with Gasteiger partial charge >= 0.3 is 0 Å². The van der Waals surface area contributed by atoms with Crippen molar-refractivity contribution < 1.29 is 14.7 Å². The average Bonchev–Trinajstić information content (AvgIpc) is 2.34. The number of benzene rings is 1. The Morgan fingerprint density at radius 3 is 2.83 bits per heavy atom. The summed E-state index contributed by atoms with van der Waals surface area (Å²) in [5.74, 6) is 0.278. The fourth-order valence-corrected chi connectivity index (χ4v) is 1.98. The van der Waals surface area contributed by atoms with Crippen LogP contribution in [-0.4, -0.2) is 28.4 Å². The van der Waals surface area contributed by atoms with Crippen molar-refractivity contribution >= 4 is 29.3 Å². The standard InChI is InChI=1S/C12H16N2O3S/c13-11(16)8-18-5-4-12(17)14-10-3-1-2-9(6-10)7-15/h1-3,6,15H,4-5,7-8H2,(H2,13,16)(H,14,17). The lowest BCUT2D eigenvalue weighted by Gasteiger charge is -2.06. The number of nitrogens with one attached hydrogen (secondary N) is 1. The van der Waals surface area contributed by atoms with Gasteiger partial charge in [-0.1, -0.05) is 12.1 Å². The molecule has 1 rings (SSSR count). The summed E-state index contributed by atoms with van der Waals surface area (Å²) in [4.78, 5) is 22.0. The molecule has 0 radical (unpaired) electrons. The van der Waals surface area contributed by atoms with Crippen LogP contribution in [0.5, 0.6) is 0 Å². The largest absolute Gasteiger partial charge is 0.392 e. The zero-order valence-electron chi connectivity index (χ0n) is 9.89. The van der Waals surface area contributed by atoms with Crippen LogP contribution in [-0.2, 0) is 16.2 Å². The van der Waals surface area contributed by atoms with Crippen molar-refractivity contribution in [1.29, 1.82) is 0 Å². The fourth-order valence-electron chi connectivity index (χ4n) is 1.31. The van der Waals surface area contributed by atoms with Crippen LogP contribution in [0.15, 0.2) is 24.3 Å². The predicted molar refractivity (Wildman–Crippen MR) is 72.1 cm³/mol. The van der Waals surface area contributed by atoms with Crippen LogP contribution >= 0.6 is 11.8 Å². The number of aliphatic hydroxyl groups is 1. The number of nitrogens with two attached hydrogens (primary N) is 1. The molecule has 0 heterocycles. The van der Waals surface area contributed by atoms with Crippen LogP contribution in [0, 0.1) is 0 Å². The van der Waals surface area contributed by atoms with Gasteiger partial charge < -0.3 is 16.2 Å². The Morgan fingerprint density at radius 2 is 2.17 bits per heavy atom. The summed E-state index contributed by atoms with van der Waals surface area (Å²) in [5, 5.41) is 11.7. The minimum atomic E-state index is -0.379. The summed E-state index contributed by atoms with van der Waals surface area (Å²) in [7, 11) is 0. The second-order valence-electron chi connectivity index (χ2n) is 3.68. The molecular weight excluding hydrogens is 252 g/mol. The number of aliphatic hydroxyl groups excluding tert-OH is 1. The molecule has 2 amide bonds. The Bertz CT molecular complexity index is 424. The van der Waals surface area contributed by atoms with Gasteiger partial charge in [-0.25, -0.2) is 0 Å². The summed E-state index contributed by atoms with van der Waals surface area (Å²) >= 11 is 1.33. The van der Waals surface area contributed by atoms with Gasteiger partial charge in [0.05, 0.1) is 12.4 Å². The predicted octanol–water partition coefficient (Wildman–Crippen LogP) is 0.726. The minimum Gasteiger partial charge on any atom is -0.392 e. The molecule has 0 spiro atoms. The van der Waals surface area contributed by atoms with E-state index >= 15 is 0 Å². The molecule has 0 fully saturated rings. The van der Waals surface area contributed by atoms with Crippen molar-refractivity contribution in [1.82, 2.24) is 0 Å². The lowest BCUT2D eigenvalue weighted by atomic mass is 10.2. The number of rotatable bonds is 7. The lowest BCUT2D eigenvalue weighted by molar-refractivity contribution is -0.116. The van der Waals surface area contributed by atoms with Crippen molar-refractivity contribution in [3.63, 3.8) is 0 Å². The number of hydrogen-bond acceptors (Lipinski definition) is 4. The highest BCUT2D eigenvalue weighted by Crippen LogP contribution is 2.11. The van der Waals surface area contributed by atoms with Gasteiger partial charge in [0.15, 0.2) is 0 Å². The molecule has 0 aliphatic rings. The molecule has 0 aromatic heterocycles. The second kappa shape index (κ2) is 7.73. The molecule has 1 aromatic rings. The van der Waals surface area contributed by atoms with E-state index in [1.54, 1.807) is 24.3 Å². The van der Waals surface area contributed by atoms with Crippen LogP contribution in [0.4, 0.5) is 5.69 Å². The fraction of sp³-hybridized carbons (Fsp3) is 0.333. The summed E-state index contributed by atoms with van der Waals surface area (Å²) in [5.41, 5.74) is 6.39. The summed E-state index contributed by atoms with van der Waals surface area (Å²) < 4.78 is 0. The maximum Gasteiger partial charge on any atom is 0.227 e. The lowest BCUT2D eigenvalue weighted by Crippen LogP contribution is -2.15. The van der Waals surface area contributed by atoms with E-state index in [0.717, 1.165) is 5.56 Å². The van der Waals surface area contributed by atoms with Crippen molar-refractivity contribution in [2.75, 3.05) is 16.8 Å². The molecule has 0 atom stereocenters. The molecule has 0 saturated carbocycles. The maximum absolute atomic E-state index is 11.6. The summed E-state index contributed by atoms with van der Waals surface area (Å²) in [6.07, 6.45) is 0.321. The van der Waals surface area contributed by atoms with E-state index in [1.807, 2.05) is 0 Å². The van der Waals surface area contributed by atoms with Gasteiger partial charge in [-0.3, -0.25) is 9.59 Å². The first-order valence-electron chi connectivity index (χ1n) is 5.47. The molecule has 0 aliphatic carbocycles. The molecule has 0 aliphatic heterocycles. The van der Waals surface area contributed by atoms with Gasteiger partial charge in [-0.15, -0.1) is 0 Å². The van der Waals surface area contributed by atoms with Gasteiger partial charge in [0, 0.05) is 17.9 Å². The quantitative estimate of drug-likeness (QED) is 0.635. The molecule has 0 saturated heterocycles. The third kappa shape index (κ3) is 5.70. The number of amides is 2. The maximum atomic E-state index is 11.6. The van der Waals surface area contributed by atoms with Gasteiger partial charge in [-0.05, 0) is 17.7 Å². The van der Waals surface area contributed by atoms with Gasteiger partial charge in [-0.2, -0.15) is 11.8 Å². The molecule has 6 heteroatoms. The average molecular weight is 268 g/mol. The number of carbonyl (C=O) groups is 2. The minimum absolute atomic E-state index is 0.0574. The second-order valence-corrected chi connectivity index (χ2v) is 4.78. The third-order valence-electron chi connectivity index (χ3n) is 2.11. The highest BCUT2D eigenvalue weighted by molar-refractivity contribution is 7.99. The highest BCUT2D eigenvalue weighted by atomic mass is 32.2. The first-order valence-corrected chi connectivity index (χ1v) is 6.63. The number of primary amides is 1. The van der Waals surface area contributed by atoms with Crippen molar-refractivity contribution in [2.24, 2.45) is 5.73 Å². The Labute approximate surface area is 110 Å². The molecule has 4 N–H and O–H groups in total. The number of hydrogen-bond donors (Lipinski definition) is 3. The van der Waals surface area contributed by atoms with Crippen molar-refractivity contribution in [3.8, 4) is 0 Å². The Balaban J connectivity index is 2.33. The SMILES string of the molecule is NC(=O)CSCCC(=O)Nc1cccc(CO)c1. The summed E-state index contributed by atoms with van der Waals surface area (Å²) in [6.45, 7) is -0.0574. The van der Waals surface area contributed by atoms with Crippen molar-refractivity contribution in [2.45, 2.75) is 13.0 Å². The van der Waals surface area contributed by atoms with Crippen LogP contribution in [0.3, 0.4) is 0 Å². The first kappa shape index (κ1) is 14.5.